The van der Waals surface area contributed by atoms with Crippen molar-refractivity contribution in [3.63, 3.8) is 0 Å². The summed E-state index contributed by atoms with van der Waals surface area (Å²) in [5.74, 6) is 0.650. The van der Waals surface area contributed by atoms with Gasteiger partial charge in [0.2, 0.25) is 0 Å². The first-order valence-corrected chi connectivity index (χ1v) is 6.93. The molecule has 2 heteroatoms. The molecule has 0 aromatic heterocycles. The van der Waals surface area contributed by atoms with E-state index < -0.39 is 5.60 Å². The van der Waals surface area contributed by atoms with Crippen LogP contribution in [0, 0.1) is 22.2 Å². The van der Waals surface area contributed by atoms with Crippen LogP contribution in [0.15, 0.2) is 0 Å². The Bertz CT molecular complexity index is 396. The summed E-state index contributed by atoms with van der Waals surface area (Å²) in [7, 11) is 0. The van der Waals surface area contributed by atoms with Gasteiger partial charge in [-0.05, 0) is 42.9 Å². The molecule has 0 aromatic rings. The first kappa shape index (κ1) is 11.7. The number of carbonyl (C=O) groups excluding carboxylic acids is 1. The lowest BCUT2D eigenvalue weighted by molar-refractivity contribution is -0.162. The molecule has 0 bridgehead atoms. The highest BCUT2D eigenvalue weighted by atomic mass is 16.3. The molecule has 2 nitrogen and oxygen atoms in total. The van der Waals surface area contributed by atoms with Crippen molar-refractivity contribution in [3.8, 4) is 0 Å². The van der Waals surface area contributed by atoms with Crippen LogP contribution in [-0.2, 0) is 4.79 Å². The summed E-state index contributed by atoms with van der Waals surface area (Å²) < 4.78 is 0. The minimum absolute atomic E-state index is 0.0804. The minimum atomic E-state index is -0.759. The van der Waals surface area contributed by atoms with Gasteiger partial charge in [-0.25, -0.2) is 0 Å². The zero-order valence-electron chi connectivity index (χ0n) is 11.5. The number of hydrogen-bond acceptors (Lipinski definition) is 2. The Morgan fingerprint density at radius 2 is 1.82 bits per heavy atom. The van der Waals surface area contributed by atoms with Crippen LogP contribution in [0.2, 0.25) is 0 Å². The Hall–Kier alpha value is -0.370. The molecule has 1 N–H and O–H groups in total. The van der Waals surface area contributed by atoms with E-state index in [2.05, 4.69) is 20.8 Å². The summed E-state index contributed by atoms with van der Waals surface area (Å²) in [5.41, 5.74) is -0.644. The third kappa shape index (κ3) is 1.09. The van der Waals surface area contributed by atoms with Crippen molar-refractivity contribution in [2.24, 2.45) is 22.2 Å². The molecular weight excluding hydrogens is 212 g/mol. The maximum absolute atomic E-state index is 12.5. The van der Waals surface area contributed by atoms with E-state index in [9.17, 15) is 9.90 Å². The van der Waals surface area contributed by atoms with E-state index in [1.807, 2.05) is 6.92 Å². The van der Waals surface area contributed by atoms with Crippen LogP contribution in [0.4, 0.5) is 0 Å². The predicted molar refractivity (Wildman–Crippen MR) is 66.5 cm³/mol. The maximum Gasteiger partial charge on any atom is 0.142 e. The number of ketones is 1. The fourth-order valence-electron chi connectivity index (χ4n) is 5.48. The number of aliphatic hydroxyl groups is 1. The molecule has 0 saturated heterocycles. The van der Waals surface area contributed by atoms with Crippen LogP contribution < -0.4 is 0 Å². The first-order valence-electron chi connectivity index (χ1n) is 6.93. The van der Waals surface area contributed by atoms with Crippen molar-refractivity contribution in [1.82, 2.24) is 0 Å². The number of hydrogen-bond donors (Lipinski definition) is 1. The average Bonchev–Trinajstić information content (AvgIpc) is 2.90. The Morgan fingerprint density at radius 3 is 2.47 bits per heavy atom. The van der Waals surface area contributed by atoms with E-state index in [-0.39, 0.29) is 16.2 Å². The fraction of sp³-hybridized carbons (Fsp3) is 0.933. The highest BCUT2D eigenvalue weighted by Crippen LogP contribution is 2.81. The summed E-state index contributed by atoms with van der Waals surface area (Å²) in [6.07, 6.45) is 4.80. The molecule has 0 aliphatic heterocycles. The highest BCUT2D eigenvalue weighted by molar-refractivity contribution is 5.89. The van der Waals surface area contributed by atoms with Crippen LogP contribution >= 0.6 is 0 Å². The van der Waals surface area contributed by atoms with Crippen LogP contribution in [0.25, 0.3) is 0 Å². The fourth-order valence-corrected chi connectivity index (χ4v) is 5.48. The molecule has 3 fully saturated rings. The molecule has 0 heterocycles. The third-order valence-corrected chi connectivity index (χ3v) is 6.52. The maximum atomic E-state index is 12.5. The lowest BCUT2D eigenvalue weighted by Gasteiger charge is -2.56. The van der Waals surface area contributed by atoms with Crippen LogP contribution in [-0.4, -0.2) is 16.5 Å². The first-order chi connectivity index (χ1) is 7.67. The van der Waals surface area contributed by atoms with Gasteiger partial charge < -0.3 is 5.11 Å². The molecule has 96 valence electrons. The van der Waals surface area contributed by atoms with E-state index in [0.29, 0.717) is 18.1 Å². The van der Waals surface area contributed by atoms with Crippen molar-refractivity contribution in [3.05, 3.63) is 0 Å². The molecule has 3 saturated carbocycles. The third-order valence-electron chi connectivity index (χ3n) is 6.52. The second-order valence-electron chi connectivity index (χ2n) is 7.75. The topological polar surface area (TPSA) is 37.3 Å². The van der Waals surface area contributed by atoms with Crippen molar-refractivity contribution >= 4 is 5.78 Å². The van der Waals surface area contributed by atoms with E-state index in [4.69, 9.17) is 0 Å². The molecule has 3 aliphatic carbocycles. The number of carbonyl (C=O) groups is 1. The van der Waals surface area contributed by atoms with Gasteiger partial charge in [0.1, 0.15) is 5.78 Å². The van der Waals surface area contributed by atoms with Gasteiger partial charge >= 0.3 is 0 Å². The Labute approximate surface area is 104 Å². The van der Waals surface area contributed by atoms with Gasteiger partial charge in [-0.3, -0.25) is 4.79 Å². The molecule has 0 amide bonds. The van der Waals surface area contributed by atoms with Crippen LogP contribution in [0.3, 0.4) is 0 Å². The quantitative estimate of drug-likeness (QED) is 0.702. The minimum Gasteiger partial charge on any atom is -0.389 e. The van der Waals surface area contributed by atoms with Crippen molar-refractivity contribution in [2.45, 2.75) is 65.4 Å². The standard InChI is InChI=1S/C15H24O2/c1-12(2)6-5-7-13(3)11(16)9-14(4,17)10-8-15(10,12)13/h10,17H,5-9H2,1-4H3/t10-,13-,14+,15-/m1/s1. The highest BCUT2D eigenvalue weighted by Gasteiger charge is 2.79. The monoisotopic (exact) mass is 236 g/mol. The summed E-state index contributed by atoms with van der Waals surface area (Å²) in [4.78, 5) is 12.5. The lowest BCUT2D eigenvalue weighted by atomic mass is 9.48. The normalized spacial score (nSPS) is 56.1. The SMILES string of the molecule is CC1(C)CCC[C@]2(C)C(=O)C[C@](C)(O)[C@H]3C[C@@]312. The predicted octanol–water partition coefficient (Wildman–Crippen LogP) is 2.93. The summed E-state index contributed by atoms with van der Waals surface area (Å²) in [6.45, 7) is 8.65. The molecule has 1 spiro atoms. The molecule has 3 aliphatic rings. The van der Waals surface area contributed by atoms with Crippen LogP contribution in [0.5, 0.6) is 0 Å². The molecule has 0 radical (unpaired) electrons. The Kier molecular flexibility index (Phi) is 1.92. The van der Waals surface area contributed by atoms with Gasteiger partial charge in [0.25, 0.3) is 0 Å². The summed E-state index contributed by atoms with van der Waals surface area (Å²) in [5, 5.41) is 10.5. The van der Waals surface area contributed by atoms with E-state index in [1.165, 1.54) is 6.42 Å². The molecule has 17 heavy (non-hydrogen) atoms. The van der Waals surface area contributed by atoms with E-state index in [1.54, 1.807) is 0 Å². The zero-order valence-corrected chi connectivity index (χ0v) is 11.5. The molecule has 0 unspecified atom stereocenters. The molecule has 0 aromatic carbocycles. The van der Waals surface area contributed by atoms with E-state index in [0.717, 1.165) is 19.3 Å². The van der Waals surface area contributed by atoms with Gasteiger partial charge in [0.05, 0.1) is 5.60 Å². The largest absolute Gasteiger partial charge is 0.389 e. The summed E-state index contributed by atoms with van der Waals surface area (Å²) in [6, 6.07) is 0. The van der Waals surface area contributed by atoms with Gasteiger partial charge in [-0.15, -0.1) is 0 Å². The van der Waals surface area contributed by atoms with Gasteiger partial charge in [0.15, 0.2) is 0 Å². The summed E-state index contributed by atoms with van der Waals surface area (Å²) >= 11 is 0. The Balaban J connectivity index is 2.13. The van der Waals surface area contributed by atoms with Gasteiger partial charge in [-0.1, -0.05) is 27.2 Å². The van der Waals surface area contributed by atoms with E-state index >= 15 is 0 Å². The average molecular weight is 236 g/mol. The smallest absolute Gasteiger partial charge is 0.142 e. The second-order valence-corrected chi connectivity index (χ2v) is 7.75. The van der Waals surface area contributed by atoms with Crippen molar-refractivity contribution in [1.29, 1.82) is 0 Å². The zero-order chi connectivity index (χ0) is 12.7. The second kappa shape index (κ2) is 2.79. The molecule has 4 atom stereocenters. The van der Waals surface area contributed by atoms with Crippen LogP contribution in [0.1, 0.15) is 59.8 Å². The van der Waals surface area contributed by atoms with Crippen molar-refractivity contribution < 1.29 is 9.90 Å². The number of rotatable bonds is 0. The van der Waals surface area contributed by atoms with Gasteiger partial charge in [0, 0.05) is 11.8 Å². The molecular formula is C15H24O2. The number of Topliss-reactive ketones (excluding diaryl/α,β-unsaturated/α-hetero) is 1. The molecule has 3 rings (SSSR count). The Morgan fingerprint density at radius 1 is 1.18 bits per heavy atom. The lowest BCUT2D eigenvalue weighted by Crippen LogP contribution is -2.57. The van der Waals surface area contributed by atoms with Gasteiger partial charge in [-0.2, -0.15) is 0 Å². The van der Waals surface area contributed by atoms with Crippen molar-refractivity contribution in [2.75, 3.05) is 0 Å².